The zero-order valence-electron chi connectivity index (χ0n) is 8.17. The van der Waals surface area contributed by atoms with Crippen LogP contribution in [0, 0.1) is 0 Å². The van der Waals surface area contributed by atoms with E-state index in [0.717, 1.165) is 0 Å². The summed E-state index contributed by atoms with van der Waals surface area (Å²) < 4.78 is 0. The fourth-order valence-corrected chi connectivity index (χ4v) is 1.31. The molecule has 0 aliphatic heterocycles. The number of nitrogen functional groups attached to an aromatic ring is 1. The Morgan fingerprint density at radius 3 is 2.69 bits per heavy atom. The summed E-state index contributed by atoms with van der Waals surface area (Å²) in [5, 5.41) is 26.1. The SMILES string of the molecule is NC(=O)CC(O)C(O)c1cc(Cl)nnc1N. The first-order chi connectivity index (χ1) is 7.41. The second kappa shape index (κ2) is 5.06. The van der Waals surface area contributed by atoms with E-state index in [1.54, 1.807) is 0 Å². The van der Waals surface area contributed by atoms with Crippen LogP contribution in [0.15, 0.2) is 6.07 Å². The Bertz CT molecular complexity index is 401. The summed E-state index contributed by atoms with van der Waals surface area (Å²) in [5.74, 6) is -0.807. The Labute approximate surface area is 96.0 Å². The van der Waals surface area contributed by atoms with E-state index in [-0.39, 0.29) is 23.0 Å². The van der Waals surface area contributed by atoms with Gasteiger partial charge in [-0.1, -0.05) is 11.6 Å². The number of hydrogen-bond donors (Lipinski definition) is 4. The summed E-state index contributed by atoms with van der Waals surface area (Å²) >= 11 is 5.56. The molecule has 0 spiro atoms. The average Bonchev–Trinajstić information content (AvgIpc) is 2.19. The third-order valence-electron chi connectivity index (χ3n) is 1.92. The van der Waals surface area contributed by atoms with Crippen LogP contribution in [-0.4, -0.2) is 32.4 Å². The molecule has 1 rings (SSSR count). The summed E-state index contributed by atoms with van der Waals surface area (Å²) in [6, 6.07) is 1.26. The van der Waals surface area contributed by atoms with Gasteiger partial charge in [-0.2, -0.15) is 0 Å². The molecule has 8 heteroatoms. The van der Waals surface area contributed by atoms with Crippen molar-refractivity contribution in [2.45, 2.75) is 18.6 Å². The minimum atomic E-state index is -1.39. The number of aromatic nitrogens is 2. The highest BCUT2D eigenvalue weighted by atomic mass is 35.5. The molecule has 1 aromatic heterocycles. The summed E-state index contributed by atoms with van der Waals surface area (Å²) in [5.41, 5.74) is 10.4. The van der Waals surface area contributed by atoms with Crippen molar-refractivity contribution in [3.05, 3.63) is 16.8 Å². The van der Waals surface area contributed by atoms with Gasteiger partial charge in [0, 0.05) is 5.56 Å². The van der Waals surface area contributed by atoms with E-state index >= 15 is 0 Å². The van der Waals surface area contributed by atoms with Crippen molar-refractivity contribution < 1.29 is 15.0 Å². The largest absolute Gasteiger partial charge is 0.390 e. The number of halogens is 1. The lowest BCUT2D eigenvalue weighted by atomic mass is 10.0. The molecule has 2 atom stereocenters. The van der Waals surface area contributed by atoms with Gasteiger partial charge in [0.1, 0.15) is 6.10 Å². The van der Waals surface area contributed by atoms with Crippen molar-refractivity contribution in [1.29, 1.82) is 0 Å². The van der Waals surface area contributed by atoms with E-state index in [9.17, 15) is 15.0 Å². The number of aliphatic hydroxyl groups is 2. The van der Waals surface area contributed by atoms with E-state index in [1.165, 1.54) is 6.07 Å². The van der Waals surface area contributed by atoms with Gasteiger partial charge in [-0.15, -0.1) is 10.2 Å². The lowest BCUT2D eigenvalue weighted by molar-refractivity contribution is -0.121. The Hall–Kier alpha value is -1.44. The fraction of sp³-hybridized carbons (Fsp3) is 0.375. The maximum absolute atomic E-state index is 10.6. The topological polar surface area (TPSA) is 135 Å². The van der Waals surface area contributed by atoms with Gasteiger partial charge in [0.2, 0.25) is 5.91 Å². The number of anilines is 1. The molecule has 0 fully saturated rings. The van der Waals surface area contributed by atoms with E-state index < -0.39 is 18.1 Å². The van der Waals surface area contributed by atoms with Gasteiger partial charge < -0.3 is 21.7 Å². The number of aliphatic hydroxyl groups excluding tert-OH is 2. The minimum absolute atomic E-state index is 0.0227. The molecule has 0 aliphatic carbocycles. The van der Waals surface area contributed by atoms with E-state index in [4.69, 9.17) is 23.1 Å². The Balaban J connectivity index is 2.90. The van der Waals surface area contributed by atoms with Gasteiger partial charge in [-0.3, -0.25) is 4.79 Å². The molecule has 16 heavy (non-hydrogen) atoms. The molecule has 0 saturated carbocycles. The van der Waals surface area contributed by atoms with Crippen LogP contribution in [-0.2, 0) is 4.79 Å². The minimum Gasteiger partial charge on any atom is -0.390 e. The van der Waals surface area contributed by atoms with Gasteiger partial charge >= 0.3 is 0 Å². The third kappa shape index (κ3) is 3.02. The maximum atomic E-state index is 10.6. The highest BCUT2D eigenvalue weighted by Gasteiger charge is 2.23. The van der Waals surface area contributed by atoms with Crippen LogP contribution in [0.4, 0.5) is 5.82 Å². The fourth-order valence-electron chi connectivity index (χ4n) is 1.15. The standard InChI is InChI=1S/C8H11ClN4O3/c9-5-1-3(8(11)13-12-5)7(16)4(14)2-6(10)15/h1,4,7,14,16H,2H2,(H2,10,15)(H2,11,13). The van der Waals surface area contributed by atoms with Crippen molar-refractivity contribution in [2.24, 2.45) is 5.73 Å². The number of primary amides is 1. The van der Waals surface area contributed by atoms with Gasteiger partial charge in [-0.05, 0) is 6.07 Å². The lowest BCUT2D eigenvalue weighted by Gasteiger charge is -2.17. The molecule has 6 N–H and O–H groups in total. The number of carbonyl (C=O) groups excluding carboxylic acids is 1. The summed E-state index contributed by atoms with van der Waals surface area (Å²) in [6.45, 7) is 0. The molecule has 0 saturated heterocycles. The lowest BCUT2D eigenvalue weighted by Crippen LogP contribution is -2.26. The summed E-state index contributed by atoms with van der Waals surface area (Å²) in [4.78, 5) is 10.6. The number of hydrogen-bond acceptors (Lipinski definition) is 6. The number of rotatable bonds is 4. The number of amides is 1. The normalized spacial score (nSPS) is 14.4. The van der Waals surface area contributed by atoms with Gasteiger partial charge in [0.15, 0.2) is 11.0 Å². The predicted octanol–water partition coefficient (Wildman–Crippen LogP) is -1.02. The van der Waals surface area contributed by atoms with Crippen LogP contribution >= 0.6 is 11.6 Å². The van der Waals surface area contributed by atoms with Crippen molar-refractivity contribution in [3.63, 3.8) is 0 Å². The van der Waals surface area contributed by atoms with Crippen LogP contribution in [0.25, 0.3) is 0 Å². The molecule has 1 heterocycles. The smallest absolute Gasteiger partial charge is 0.220 e. The quantitative estimate of drug-likeness (QED) is 0.537. The molecule has 0 aliphatic rings. The molecule has 0 radical (unpaired) electrons. The first-order valence-electron chi connectivity index (χ1n) is 4.35. The third-order valence-corrected chi connectivity index (χ3v) is 2.10. The zero-order valence-corrected chi connectivity index (χ0v) is 8.92. The molecule has 2 unspecified atom stereocenters. The number of nitrogens with two attached hydrogens (primary N) is 2. The van der Waals surface area contributed by atoms with Crippen LogP contribution in [0.1, 0.15) is 18.1 Å². The molecule has 1 amide bonds. The summed E-state index contributed by atoms with van der Waals surface area (Å²) in [7, 11) is 0. The molecule has 1 aromatic rings. The van der Waals surface area contributed by atoms with Crippen molar-refractivity contribution >= 4 is 23.3 Å². The van der Waals surface area contributed by atoms with Gasteiger partial charge in [0.05, 0.1) is 12.5 Å². The second-order valence-electron chi connectivity index (χ2n) is 3.19. The van der Waals surface area contributed by atoms with Crippen molar-refractivity contribution in [1.82, 2.24) is 10.2 Å². The van der Waals surface area contributed by atoms with E-state index in [2.05, 4.69) is 10.2 Å². The van der Waals surface area contributed by atoms with Crippen molar-refractivity contribution in [2.75, 3.05) is 5.73 Å². The average molecular weight is 247 g/mol. The predicted molar refractivity (Wildman–Crippen MR) is 56.2 cm³/mol. The molecular weight excluding hydrogens is 236 g/mol. The highest BCUT2D eigenvalue weighted by Crippen LogP contribution is 2.24. The van der Waals surface area contributed by atoms with E-state index in [0.29, 0.717) is 0 Å². The molecule has 0 bridgehead atoms. The van der Waals surface area contributed by atoms with Gasteiger partial charge in [-0.25, -0.2) is 0 Å². The highest BCUT2D eigenvalue weighted by molar-refractivity contribution is 6.29. The second-order valence-corrected chi connectivity index (χ2v) is 3.58. The number of carbonyl (C=O) groups is 1. The maximum Gasteiger partial charge on any atom is 0.220 e. The molecule has 0 aromatic carbocycles. The van der Waals surface area contributed by atoms with Crippen LogP contribution in [0.5, 0.6) is 0 Å². The number of nitrogens with zero attached hydrogens (tertiary/aromatic N) is 2. The van der Waals surface area contributed by atoms with Crippen molar-refractivity contribution in [3.8, 4) is 0 Å². The Morgan fingerprint density at radius 1 is 1.50 bits per heavy atom. The van der Waals surface area contributed by atoms with Crippen LogP contribution in [0.2, 0.25) is 5.15 Å². The molecule has 7 nitrogen and oxygen atoms in total. The van der Waals surface area contributed by atoms with Crippen LogP contribution in [0.3, 0.4) is 0 Å². The monoisotopic (exact) mass is 246 g/mol. The molecule has 88 valence electrons. The summed E-state index contributed by atoms with van der Waals surface area (Å²) in [6.07, 6.45) is -3.14. The Morgan fingerprint density at radius 2 is 2.12 bits per heavy atom. The van der Waals surface area contributed by atoms with Crippen LogP contribution < -0.4 is 11.5 Å². The Kier molecular flexibility index (Phi) is 3.99. The first-order valence-corrected chi connectivity index (χ1v) is 4.72. The first kappa shape index (κ1) is 12.6. The van der Waals surface area contributed by atoms with E-state index in [1.807, 2.05) is 0 Å². The molecular formula is C8H11ClN4O3. The van der Waals surface area contributed by atoms with Gasteiger partial charge in [0.25, 0.3) is 0 Å². The zero-order chi connectivity index (χ0) is 12.3.